The van der Waals surface area contributed by atoms with Gasteiger partial charge in [-0.15, -0.1) is 10.2 Å². The largest absolute Gasteiger partial charge is 0.410 e. The highest BCUT2D eigenvalue weighted by Gasteiger charge is 2.40. The van der Waals surface area contributed by atoms with Crippen molar-refractivity contribution in [2.75, 3.05) is 0 Å². The van der Waals surface area contributed by atoms with Crippen molar-refractivity contribution >= 4 is 18.3 Å². The summed E-state index contributed by atoms with van der Waals surface area (Å²) in [5.41, 5.74) is 6.81. The Morgan fingerprint density at radius 3 is 1.80 bits per heavy atom. The van der Waals surface area contributed by atoms with Crippen LogP contribution in [0.2, 0.25) is 0 Å². The monoisotopic (exact) mass is 620 g/mol. The van der Waals surface area contributed by atoms with Crippen LogP contribution in [-0.2, 0) is 5.54 Å². The van der Waals surface area contributed by atoms with Gasteiger partial charge in [0.15, 0.2) is 0 Å². The zero-order valence-electron chi connectivity index (χ0n) is 24.3. The highest BCUT2D eigenvalue weighted by Crippen LogP contribution is 2.43. The van der Waals surface area contributed by atoms with Crippen molar-refractivity contribution < 1.29 is 8.81 Å². The molecule has 222 valence electrons. The van der Waals surface area contributed by atoms with E-state index in [-0.39, 0.29) is 11.0 Å². The molecule has 8 rings (SSSR count). The highest BCUT2D eigenvalue weighted by molar-refractivity contribution is 7.80. The van der Waals surface area contributed by atoms with Crippen molar-refractivity contribution in [1.29, 1.82) is 0 Å². The Balaban J connectivity index is 1.43. The molecule has 0 spiro atoms. The molecule has 0 bridgehead atoms. The lowest BCUT2D eigenvalue weighted by Crippen LogP contribution is -2.38. The van der Waals surface area contributed by atoms with Crippen LogP contribution in [0.5, 0.6) is 0 Å². The third-order valence-corrected chi connectivity index (χ3v) is 8.38. The topological polar surface area (TPSA) is 74.0 Å². The van der Waals surface area contributed by atoms with Crippen LogP contribution in [0.15, 0.2) is 156 Å². The number of halogens is 1. The normalized spacial score (nSPS) is 11.7. The van der Waals surface area contributed by atoms with Gasteiger partial charge in [0.25, 0.3) is 11.1 Å². The number of thiol groups is 1. The number of pyridine rings is 1. The molecule has 0 aliphatic carbocycles. The fourth-order valence-electron chi connectivity index (χ4n) is 6.13. The summed E-state index contributed by atoms with van der Waals surface area (Å²) in [6.07, 6.45) is 5.74. The van der Waals surface area contributed by atoms with Crippen molar-refractivity contribution in [2.24, 2.45) is 0 Å². The van der Waals surface area contributed by atoms with Crippen LogP contribution < -0.4 is 0 Å². The summed E-state index contributed by atoms with van der Waals surface area (Å²) in [5, 5.41) is 13.5. The molecular weight excluding hydrogens is 596 g/mol. The molecule has 0 atom stereocenters. The molecule has 46 heavy (non-hydrogen) atoms. The lowest BCUT2D eigenvalue weighted by Gasteiger charge is -2.36. The summed E-state index contributed by atoms with van der Waals surface area (Å²) in [6, 6.07) is 41.5. The summed E-state index contributed by atoms with van der Waals surface area (Å²) in [5.74, 6) is -0.00937. The van der Waals surface area contributed by atoms with Gasteiger partial charge in [-0.2, -0.15) is 5.10 Å². The molecule has 0 fully saturated rings. The van der Waals surface area contributed by atoms with Gasteiger partial charge in [-0.3, -0.25) is 9.08 Å². The maximum absolute atomic E-state index is 14.2. The standard InChI is InChI=1S/C37H25FN6OS/c38-30-19-16-25(17-20-30)34-31(26-18-21-33-39-22-32(43(33)23-26)35-40-41-36(46)45-35)24-44(42-34)37(27-10-4-1-5-11-27,28-12-6-2-7-13-28)29-14-8-3-9-15-29/h1-24H,(H,41,46). The molecule has 0 aliphatic heterocycles. The summed E-state index contributed by atoms with van der Waals surface area (Å²) in [4.78, 5) is 4.54. The van der Waals surface area contributed by atoms with E-state index < -0.39 is 5.54 Å². The number of hydrogen-bond donors (Lipinski definition) is 1. The summed E-state index contributed by atoms with van der Waals surface area (Å²) in [6.45, 7) is 0. The maximum Gasteiger partial charge on any atom is 0.273 e. The Morgan fingerprint density at radius 1 is 0.652 bits per heavy atom. The summed E-state index contributed by atoms with van der Waals surface area (Å²) in [7, 11) is 0. The molecule has 0 aliphatic rings. The highest BCUT2D eigenvalue weighted by atomic mass is 32.1. The van der Waals surface area contributed by atoms with Gasteiger partial charge in [-0.25, -0.2) is 9.37 Å². The molecule has 0 N–H and O–H groups in total. The first kappa shape index (κ1) is 27.7. The van der Waals surface area contributed by atoms with Crippen LogP contribution >= 0.6 is 12.6 Å². The molecule has 4 aromatic carbocycles. The van der Waals surface area contributed by atoms with E-state index in [2.05, 4.69) is 70.4 Å². The van der Waals surface area contributed by atoms with Crippen molar-refractivity contribution in [3.05, 3.63) is 168 Å². The van der Waals surface area contributed by atoms with Crippen molar-refractivity contribution in [2.45, 2.75) is 10.8 Å². The smallest absolute Gasteiger partial charge is 0.273 e. The lowest BCUT2D eigenvalue weighted by atomic mass is 9.77. The third kappa shape index (κ3) is 4.60. The number of rotatable bonds is 7. The molecular formula is C37H25FN6OS. The minimum absolute atomic E-state index is 0.167. The number of hydrogen-bond acceptors (Lipinski definition) is 6. The van der Waals surface area contributed by atoms with Gasteiger partial charge in [0.05, 0.1) is 6.20 Å². The number of fused-ring (bicyclic) bond motifs is 1. The Hall–Kier alpha value is -5.80. The number of imidazole rings is 1. The minimum atomic E-state index is -0.839. The third-order valence-electron chi connectivity index (χ3n) is 8.20. The Labute approximate surface area is 269 Å². The van der Waals surface area contributed by atoms with Gasteiger partial charge >= 0.3 is 0 Å². The molecule has 0 amide bonds. The van der Waals surface area contributed by atoms with Crippen LogP contribution in [-0.4, -0.2) is 29.4 Å². The van der Waals surface area contributed by atoms with Crippen LogP contribution in [0, 0.1) is 5.82 Å². The zero-order valence-corrected chi connectivity index (χ0v) is 25.2. The second-order valence-corrected chi connectivity index (χ2v) is 11.2. The van der Waals surface area contributed by atoms with Gasteiger partial charge in [0.1, 0.15) is 28.4 Å². The number of benzene rings is 4. The molecule has 8 aromatic rings. The van der Waals surface area contributed by atoms with E-state index in [9.17, 15) is 4.39 Å². The quantitative estimate of drug-likeness (QED) is 0.144. The van der Waals surface area contributed by atoms with E-state index in [1.807, 2.05) is 82.0 Å². The van der Waals surface area contributed by atoms with Gasteiger partial charge < -0.3 is 4.42 Å². The van der Waals surface area contributed by atoms with E-state index >= 15 is 0 Å². The lowest BCUT2D eigenvalue weighted by molar-refractivity contribution is 0.461. The average Bonchev–Trinajstić information content (AvgIpc) is 3.85. The second kappa shape index (κ2) is 11.3. The van der Waals surface area contributed by atoms with Crippen LogP contribution in [0.4, 0.5) is 4.39 Å². The van der Waals surface area contributed by atoms with Crippen molar-refractivity contribution in [3.8, 4) is 34.0 Å². The van der Waals surface area contributed by atoms with E-state index in [4.69, 9.17) is 9.52 Å². The number of aromatic nitrogens is 6. The predicted molar refractivity (Wildman–Crippen MR) is 177 cm³/mol. The Kier molecular flexibility index (Phi) is 6.80. The first-order valence-corrected chi connectivity index (χ1v) is 15.1. The average molecular weight is 621 g/mol. The molecule has 0 saturated carbocycles. The van der Waals surface area contributed by atoms with Gasteiger partial charge in [0.2, 0.25) is 0 Å². The second-order valence-electron chi connectivity index (χ2n) is 10.8. The van der Waals surface area contributed by atoms with Gasteiger partial charge in [0, 0.05) is 29.1 Å². The molecule has 7 nitrogen and oxygen atoms in total. The SMILES string of the molecule is Fc1ccc(-c2nn(C(c3ccccc3)(c3ccccc3)c3ccccc3)cc2-c2ccc3ncc(-c4nnc(S)o4)n3c2)cc1. The van der Waals surface area contributed by atoms with E-state index in [0.29, 0.717) is 22.9 Å². The van der Waals surface area contributed by atoms with Gasteiger partial charge in [-0.1, -0.05) is 104 Å². The fraction of sp³-hybridized carbons (Fsp3) is 0.0270. The molecule has 9 heteroatoms. The summed E-state index contributed by atoms with van der Waals surface area (Å²) >= 11 is 4.18. The first-order valence-electron chi connectivity index (χ1n) is 14.6. The fourth-order valence-corrected chi connectivity index (χ4v) is 6.26. The van der Waals surface area contributed by atoms with Crippen molar-refractivity contribution in [3.63, 3.8) is 0 Å². The van der Waals surface area contributed by atoms with E-state index in [1.54, 1.807) is 18.3 Å². The molecule has 4 heterocycles. The van der Waals surface area contributed by atoms with Crippen LogP contribution in [0.25, 0.3) is 39.6 Å². The van der Waals surface area contributed by atoms with Gasteiger partial charge in [-0.05, 0) is 53.1 Å². The minimum Gasteiger partial charge on any atom is -0.410 e. The zero-order chi connectivity index (χ0) is 31.1. The first-order chi connectivity index (χ1) is 22.6. The van der Waals surface area contributed by atoms with Crippen LogP contribution in [0.3, 0.4) is 0 Å². The van der Waals surface area contributed by atoms with Crippen molar-refractivity contribution in [1.82, 2.24) is 29.4 Å². The van der Waals surface area contributed by atoms with Crippen LogP contribution in [0.1, 0.15) is 16.7 Å². The Bertz CT molecular complexity index is 2180. The molecule has 0 unspecified atom stereocenters. The maximum atomic E-state index is 14.2. The Morgan fingerprint density at radius 2 is 1.24 bits per heavy atom. The predicted octanol–water partition coefficient (Wildman–Crippen LogP) is 8.18. The number of nitrogens with zero attached hydrogens (tertiary/aromatic N) is 6. The van der Waals surface area contributed by atoms with E-state index in [1.165, 1.54) is 12.1 Å². The summed E-state index contributed by atoms with van der Waals surface area (Å²) < 4.78 is 23.7. The molecule has 0 saturated heterocycles. The molecule has 0 radical (unpaired) electrons. The van der Waals surface area contributed by atoms with E-state index in [0.717, 1.165) is 33.4 Å². The molecule has 4 aromatic heterocycles.